The van der Waals surface area contributed by atoms with Gasteiger partial charge >= 0.3 is 0 Å². The van der Waals surface area contributed by atoms with Gasteiger partial charge in [0.2, 0.25) is 0 Å². The highest BCUT2D eigenvalue weighted by Crippen LogP contribution is 2.24. The van der Waals surface area contributed by atoms with Crippen LogP contribution in [0.3, 0.4) is 0 Å². The van der Waals surface area contributed by atoms with Gasteiger partial charge in [-0.3, -0.25) is 0 Å². The number of benzene rings is 1. The maximum atomic E-state index is 8.84. The van der Waals surface area contributed by atoms with E-state index in [1.807, 2.05) is 19.1 Å². The molecule has 1 atom stereocenters. The monoisotopic (exact) mass is 277 g/mol. The Bertz CT molecular complexity index is 488. The zero-order valence-corrected chi connectivity index (χ0v) is 12.2. The van der Waals surface area contributed by atoms with Crippen LogP contribution in [-0.4, -0.2) is 42.2 Å². The fraction of sp³-hybridized carbons (Fsp3) is 0.533. The third-order valence-electron chi connectivity index (χ3n) is 3.96. The van der Waals surface area contributed by atoms with Crippen molar-refractivity contribution in [3.63, 3.8) is 0 Å². The summed E-state index contributed by atoms with van der Waals surface area (Å²) in [5.74, 6) is 0.796. The summed E-state index contributed by atoms with van der Waals surface area (Å²) in [7, 11) is 2.16. The molecule has 0 radical (unpaired) electrons. The van der Waals surface area contributed by atoms with Crippen molar-refractivity contribution < 1.29 is 9.94 Å². The van der Waals surface area contributed by atoms with Gasteiger partial charge in [-0.05, 0) is 51.4 Å². The number of hydrogen-bond acceptors (Lipinski definition) is 4. The molecule has 1 aromatic carbocycles. The van der Waals surface area contributed by atoms with Gasteiger partial charge in [0.1, 0.15) is 5.75 Å². The van der Waals surface area contributed by atoms with Crippen LogP contribution in [0.2, 0.25) is 0 Å². The van der Waals surface area contributed by atoms with Crippen LogP contribution in [0.5, 0.6) is 5.75 Å². The van der Waals surface area contributed by atoms with E-state index in [1.54, 1.807) is 6.07 Å². The molecule has 110 valence electrons. The van der Waals surface area contributed by atoms with E-state index >= 15 is 0 Å². The second-order valence-electron chi connectivity index (χ2n) is 5.35. The first-order chi connectivity index (χ1) is 9.63. The number of amidine groups is 1. The van der Waals surface area contributed by atoms with Gasteiger partial charge in [-0.2, -0.15) is 0 Å². The number of ether oxygens (including phenoxy) is 1. The number of oxime groups is 1. The molecule has 1 heterocycles. The van der Waals surface area contributed by atoms with E-state index in [0.29, 0.717) is 24.0 Å². The Balaban J connectivity index is 2.01. The highest BCUT2D eigenvalue weighted by atomic mass is 16.5. The maximum Gasteiger partial charge on any atom is 0.173 e. The molecule has 1 fully saturated rings. The molecule has 5 nitrogen and oxygen atoms in total. The van der Waals surface area contributed by atoms with Crippen LogP contribution in [0.15, 0.2) is 23.4 Å². The lowest BCUT2D eigenvalue weighted by Gasteiger charge is -2.20. The summed E-state index contributed by atoms with van der Waals surface area (Å²) >= 11 is 0. The van der Waals surface area contributed by atoms with Crippen LogP contribution < -0.4 is 10.5 Å². The molecule has 1 aliphatic rings. The fourth-order valence-electron chi connectivity index (χ4n) is 2.74. The molecule has 3 N–H and O–H groups in total. The highest BCUT2D eigenvalue weighted by molar-refractivity contribution is 5.99. The van der Waals surface area contributed by atoms with Crippen LogP contribution in [0.1, 0.15) is 30.4 Å². The normalized spacial score (nSPS) is 20.3. The standard InChI is InChI=1S/C15H23N3O2/c1-11-5-3-7-13(15(16)17-19)14(11)20-10-8-12-6-4-9-18(12)2/h3,5,7,12,19H,4,6,8-10H2,1-2H3,(H2,16,17). The van der Waals surface area contributed by atoms with E-state index in [9.17, 15) is 0 Å². The molecule has 5 heteroatoms. The van der Waals surface area contributed by atoms with Crippen molar-refractivity contribution in [2.45, 2.75) is 32.2 Å². The third-order valence-corrected chi connectivity index (χ3v) is 3.96. The van der Waals surface area contributed by atoms with Crippen LogP contribution in [0.25, 0.3) is 0 Å². The van der Waals surface area contributed by atoms with Crippen molar-refractivity contribution in [1.29, 1.82) is 0 Å². The molecule has 0 aromatic heterocycles. The topological polar surface area (TPSA) is 71.1 Å². The van der Waals surface area contributed by atoms with E-state index < -0.39 is 0 Å². The van der Waals surface area contributed by atoms with Crippen LogP contribution in [-0.2, 0) is 0 Å². The predicted octanol–water partition coefficient (Wildman–Crippen LogP) is 1.95. The smallest absolute Gasteiger partial charge is 0.173 e. The van der Waals surface area contributed by atoms with Crippen molar-refractivity contribution in [3.8, 4) is 5.75 Å². The molecule has 1 aliphatic heterocycles. The van der Waals surface area contributed by atoms with E-state index in [2.05, 4.69) is 17.1 Å². The molecule has 0 bridgehead atoms. The lowest BCUT2D eigenvalue weighted by molar-refractivity contribution is 0.232. The van der Waals surface area contributed by atoms with Crippen molar-refractivity contribution in [2.24, 2.45) is 10.9 Å². The van der Waals surface area contributed by atoms with Gasteiger partial charge in [-0.25, -0.2) is 0 Å². The summed E-state index contributed by atoms with van der Waals surface area (Å²) in [4.78, 5) is 2.38. The SMILES string of the molecule is Cc1cccc(/C(N)=N/O)c1OCCC1CCCN1C. The van der Waals surface area contributed by atoms with Crippen LogP contribution >= 0.6 is 0 Å². The number of rotatable bonds is 5. The minimum absolute atomic E-state index is 0.0849. The summed E-state index contributed by atoms with van der Waals surface area (Å²) in [5.41, 5.74) is 7.33. The molecule has 1 aromatic rings. The minimum Gasteiger partial charge on any atom is -0.492 e. The first-order valence-corrected chi connectivity index (χ1v) is 7.04. The molecular weight excluding hydrogens is 254 g/mol. The zero-order chi connectivity index (χ0) is 14.5. The largest absolute Gasteiger partial charge is 0.492 e. The van der Waals surface area contributed by atoms with Crippen LogP contribution in [0, 0.1) is 6.92 Å². The van der Waals surface area contributed by atoms with Crippen molar-refractivity contribution in [2.75, 3.05) is 20.2 Å². The van der Waals surface area contributed by atoms with Gasteiger partial charge in [0.15, 0.2) is 5.84 Å². The van der Waals surface area contributed by atoms with Crippen molar-refractivity contribution >= 4 is 5.84 Å². The summed E-state index contributed by atoms with van der Waals surface area (Å²) in [6, 6.07) is 6.25. The lowest BCUT2D eigenvalue weighted by atomic mass is 10.1. The molecule has 0 spiro atoms. The Hall–Kier alpha value is -1.75. The first kappa shape index (κ1) is 14.7. The van der Waals surface area contributed by atoms with E-state index in [1.165, 1.54) is 19.4 Å². The predicted molar refractivity (Wildman–Crippen MR) is 79.5 cm³/mol. The third kappa shape index (κ3) is 3.22. The molecule has 20 heavy (non-hydrogen) atoms. The van der Waals surface area contributed by atoms with Crippen LogP contribution in [0.4, 0.5) is 0 Å². The summed E-state index contributed by atoms with van der Waals surface area (Å²) in [6.45, 7) is 3.78. The molecule has 1 saturated heterocycles. The second-order valence-corrected chi connectivity index (χ2v) is 5.35. The summed E-state index contributed by atoms with van der Waals surface area (Å²) in [5, 5.41) is 11.9. The zero-order valence-electron chi connectivity index (χ0n) is 12.2. The second kappa shape index (κ2) is 6.61. The van der Waals surface area contributed by atoms with Crippen molar-refractivity contribution in [3.05, 3.63) is 29.3 Å². The quantitative estimate of drug-likeness (QED) is 0.373. The van der Waals surface area contributed by atoms with Gasteiger partial charge in [0, 0.05) is 6.04 Å². The average molecular weight is 277 g/mol. The number of likely N-dealkylation sites (tertiary alicyclic amines) is 1. The Morgan fingerprint density at radius 3 is 3.00 bits per heavy atom. The molecule has 1 unspecified atom stereocenters. The number of nitrogens with zero attached hydrogens (tertiary/aromatic N) is 2. The van der Waals surface area contributed by atoms with Gasteiger partial charge in [-0.1, -0.05) is 17.3 Å². The lowest BCUT2D eigenvalue weighted by Crippen LogP contribution is -2.26. The average Bonchev–Trinajstić information content (AvgIpc) is 2.85. The number of hydrogen-bond donors (Lipinski definition) is 2. The Labute approximate surface area is 120 Å². The molecule has 0 aliphatic carbocycles. The minimum atomic E-state index is 0.0849. The molecule has 2 rings (SSSR count). The summed E-state index contributed by atoms with van der Waals surface area (Å²) in [6.07, 6.45) is 3.50. The first-order valence-electron chi connectivity index (χ1n) is 7.04. The van der Waals surface area contributed by atoms with E-state index in [0.717, 1.165) is 12.0 Å². The highest BCUT2D eigenvalue weighted by Gasteiger charge is 2.20. The fourth-order valence-corrected chi connectivity index (χ4v) is 2.74. The Morgan fingerprint density at radius 2 is 2.35 bits per heavy atom. The number of aryl methyl sites for hydroxylation is 1. The Morgan fingerprint density at radius 1 is 1.55 bits per heavy atom. The Kier molecular flexibility index (Phi) is 4.84. The van der Waals surface area contributed by atoms with Gasteiger partial charge < -0.3 is 20.6 Å². The summed E-state index contributed by atoms with van der Waals surface area (Å²) < 4.78 is 5.90. The van der Waals surface area contributed by atoms with Gasteiger partial charge in [0.05, 0.1) is 12.2 Å². The van der Waals surface area contributed by atoms with E-state index in [-0.39, 0.29) is 5.84 Å². The number of nitrogens with two attached hydrogens (primary N) is 1. The maximum absolute atomic E-state index is 8.84. The van der Waals surface area contributed by atoms with E-state index in [4.69, 9.17) is 15.7 Å². The molecular formula is C15H23N3O2. The van der Waals surface area contributed by atoms with Gasteiger partial charge in [-0.15, -0.1) is 0 Å². The van der Waals surface area contributed by atoms with Gasteiger partial charge in [0.25, 0.3) is 0 Å². The molecule has 0 amide bonds. The molecule has 0 saturated carbocycles. The number of para-hydroxylation sites is 1. The van der Waals surface area contributed by atoms with Crippen molar-refractivity contribution in [1.82, 2.24) is 4.90 Å².